The van der Waals surface area contributed by atoms with Crippen molar-refractivity contribution in [1.82, 2.24) is 4.90 Å². The predicted molar refractivity (Wildman–Crippen MR) is 90.1 cm³/mol. The molecule has 0 fully saturated rings. The van der Waals surface area contributed by atoms with Crippen LogP contribution in [0.15, 0.2) is 48.5 Å². The van der Waals surface area contributed by atoms with Crippen LogP contribution in [0.5, 0.6) is 0 Å². The highest BCUT2D eigenvalue weighted by atomic mass is 19.4. The van der Waals surface area contributed by atoms with E-state index in [-0.39, 0.29) is 11.6 Å². The van der Waals surface area contributed by atoms with Crippen molar-refractivity contribution in [3.63, 3.8) is 0 Å². The molecular weight excluding hydrogens is 329 g/mol. The minimum atomic E-state index is -4.43. The fourth-order valence-electron chi connectivity index (χ4n) is 3.03. The van der Waals surface area contributed by atoms with Crippen molar-refractivity contribution in [2.24, 2.45) is 0 Å². The Bertz CT molecular complexity index is 773. The zero-order chi connectivity index (χ0) is 18.0. The Morgan fingerprint density at radius 3 is 2.56 bits per heavy atom. The summed E-state index contributed by atoms with van der Waals surface area (Å²) in [5.41, 5.74) is 1.85. The molecule has 1 atom stereocenters. The third-order valence-corrected chi connectivity index (χ3v) is 4.54. The van der Waals surface area contributed by atoms with Crippen LogP contribution in [-0.2, 0) is 23.9 Å². The van der Waals surface area contributed by atoms with E-state index in [1.165, 1.54) is 23.3 Å². The van der Waals surface area contributed by atoms with Gasteiger partial charge in [-0.15, -0.1) is 0 Å². The largest absolute Gasteiger partial charge is 0.416 e. The molecule has 1 heterocycles. The number of halogens is 3. The third kappa shape index (κ3) is 4.02. The van der Waals surface area contributed by atoms with Gasteiger partial charge < -0.3 is 5.32 Å². The van der Waals surface area contributed by atoms with Gasteiger partial charge in [0.2, 0.25) is 5.91 Å². The van der Waals surface area contributed by atoms with Crippen LogP contribution in [0.3, 0.4) is 0 Å². The van der Waals surface area contributed by atoms with Crippen molar-refractivity contribution in [3.8, 4) is 0 Å². The zero-order valence-corrected chi connectivity index (χ0v) is 13.8. The van der Waals surface area contributed by atoms with Gasteiger partial charge in [0, 0.05) is 18.8 Å². The first kappa shape index (κ1) is 17.5. The molecule has 6 heteroatoms. The molecule has 0 aromatic heterocycles. The molecule has 0 unspecified atom stereocenters. The molecular formula is C19H19F3N2O. The summed E-state index contributed by atoms with van der Waals surface area (Å²) in [6.07, 6.45) is -3.57. The molecule has 0 saturated heterocycles. The highest BCUT2D eigenvalue weighted by Crippen LogP contribution is 2.30. The molecule has 132 valence electrons. The van der Waals surface area contributed by atoms with Crippen molar-refractivity contribution in [2.45, 2.75) is 32.1 Å². The quantitative estimate of drug-likeness (QED) is 0.906. The summed E-state index contributed by atoms with van der Waals surface area (Å²) in [4.78, 5) is 14.5. The average Bonchev–Trinajstić information content (AvgIpc) is 2.60. The molecule has 1 aliphatic heterocycles. The standard InChI is InChI=1S/C19H19F3N2O/c1-13(24-10-9-14-5-2-3-6-15(14)12-24)18(25)23-17-8-4-7-16(11-17)19(20,21)22/h2-8,11,13H,9-10,12H2,1H3,(H,23,25)/t13-/m0/s1. The lowest BCUT2D eigenvalue weighted by atomic mass is 9.99. The van der Waals surface area contributed by atoms with Gasteiger partial charge in [0.25, 0.3) is 0 Å². The number of fused-ring (bicyclic) bond motifs is 1. The van der Waals surface area contributed by atoms with Crippen LogP contribution >= 0.6 is 0 Å². The fraction of sp³-hybridized carbons (Fsp3) is 0.316. The molecule has 25 heavy (non-hydrogen) atoms. The number of carbonyl (C=O) groups excluding carboxylic acids is 1. The Kier molecular flexibility index (Phi) is 4.81. The second-order valence-electron chi connectivity index (χ2n) is 6.23. The first-order chi connectivity index (χ1) is 11.8. The topological polar surface area (TPSA) is 32.3 Å². The molecule has 2 aromatic rings. The molecule has 0 radical (unpaired) electrons. The molecule has 1 aliphatic rings. The summed E-state index contributed by atoms with van der Waals surface area (Å²) in [6, 6.07) is 12.4. The Hall–Kier alpha value is -2.34. The summed E-state index contributed by atoms with van der Waals surface area (Å²) < 4.78 is 38.3. The van der Waals surface area contributed by atoms with Gasteiger partial charge >= 0.3 is 6.18 Å². The monoisotopic (exact) mass is 348 g/mol. The van der Waals surface area contributed by atoms with E-state index >= 15 is 0 Å². The molecule has 3 rings (SSSR count). The maximum Gasteiger partial charge on any atom is 0.416 e. The number of nitrogens with one attached hydrogen (secondary N) is 1. The van der Waals surface area contributed by atoms with E-state index in [1.54, 1.807) is 6.92 Å². The van der Waals surface area contributed by atoms with Gasteiger partial charge in [-0.2, -0.15) is 13.2 Å². The Morgan fingerprint density at radius 2 is 1.84 bits per heavy atom. The molecule has 0 aliphatic carbocycles. The molecule has 2 aromatic carbocycles. The van der Waals surface area contributed by atoms with Crippen LogP contribution in [0.1, 0.15) is 23.6 Å². The van der Waals surface area contributed by atoms with Crippen LogP contribution in [-0.4, -0.2) is 23.4 Å². The van der Waals surface area contributed by atoms with Crippen molar-refractivity contribution in [3.05, 3.63) is 65.2 Å². The van der Waals surface area contributed by atoms with Crippen LogP contribution in [0.25, 0.3) is 0 Å². The lowest BCUT2D eigenvalue weighted by Crippen LogP contribution is -2.44. The highest BCUT2D eigenvalue weighted by Gasteiger charge is 2.31. The maximum absolute atomic E-state index is 12.8. The molecule has 0 saturated carbocycles. The molecule has 0 bridgehead atoms. The van der Waals surface area contributed by atoms with E-state index in [0.717, 1.165) is 25.1 Å². The van der Waals surface area contributed by atoms with E-state index in [4.69, 9.17) is 0 Å². The minimum Gasteiger partial charge on any atom is -0.325 e. The van der Waals surface area contributed by atoms with Crippen LogP contribution in [0, 0.1) is 0 Å². The van der Waals surface area contributed by atoms with Gasteiger partial charge in [0.15, 0.2) is 0 Å². The van der Waals surface area contributed by atoms with E-state index < -0.39 is 17.8 Å². The third-order valence-electron chi connectivity index (χ3n) is 4.54. The van der Waals surface area contributed by atoms with Crippen LogP contribution < -0.4 is 5.32 Å². The van der Waals surface area contributed by atoms with Crippen molar-refractivity contribution < 1.29 is 18.0 Å². The summed E-state index contributed by atoms with van der Waals surface area (Å²) >= 11 is 0. The highest BCUT2D eigenvalue weighted by molar-refractivity contribution is 5.94. The number of hydrogen-bond donors (Lipinski definition) is 1. The summed E-state index contributed by atoms with van der Waals surface area (Å²) in [5.74, 6) is -0.307. The molecule has 1 N–H and O–H groups in total. The van der Waals surface area contributed by atoms with Crippen molar-refractivity contribution >= 4 is 11.6 Å². The molecule has 3 nitrogen and oxygen atoms in total. The van der Waals surface area contributed by atoms with Gasteiger partial charge in [-0.25, -0.2) is 0 Å². The normalized spacial score (nSPS) is 16.2. The number of anilines is 1. The van der Waals surface area contributed by atoms with Gasteiger partial charge in [-0.05, 0) is 42.7 Å². The molecule has 0 spiro atoms. The lowest BCUT2D eigenvalue weighted by Gasteiger charge is -2.32. The van der Waals surface area contributed by atoms with Gasteiger partial charge in [0.1, 0.15) is 0 Å². The number of nitrogens with zero attached hydrogens (tertiary/aromatic N) is 1. The fourth-order valence-corrected chi connectivity index (χ4v) is 3.03. The summed E-state index contributed by atoms with van der Waals surface area (Å²) in [7, 11) is 0. The number of alkyl halides is 3. The van der Waals surface area contributed by atoms with Gasteiger partial charge in [-0.1, -0.05) is 30.3 Å². The second-order valence-corrected chi connectivity index (χ2v) is 6.23. The number of benzene rings is 2. The van der Waals surface area contributed by atoms with Crippen molar-refractivity contribution in [1.29, 1.82) is 0 Å². The molecule has 1 amide bonds. The Labute approximate surface area is 144 Å². The zero-order valence-electron chi connectivity index (χ0n) is 13.8. The summed E-state index contributed by atoms with van der Waals surface area (Å²) in [5, 5.41) is 2.59. The maximum atomic E-state index is 12.8. The van der Waals surface area contributed by atoms with E-state index in [9.17, 15) is 18.0 Å². The second kappa shape index (κ2) is 6.88. The lowest BCUT2D eigenvalue weighted by molar-refractivity contribution is -0.137. The van der Waals surface area contributed by atoms with Crippen molar-refractivity contribution in [2.75, 3.05) is 11.9 Å². The number of rotatable bonds is 3. The number of hydrogen-bond acceptors (Lipinski definition) is 2. The van der Waals surface area contributed by atoms with Crippen LogP contribution in [0.2, 0.25) is 0 Å². The first-order valence-corrected chi connectivity index (χ1v) is 8.13. The predicted octanol–water partition coefficient (Wildman–Crippen LogP) is 4.09. The minimum absolute atomic E-state index is 0.157. The Morgan fingerprint density at radius 1 is 1.12 bits per heavy atom. The van der Waals surface area contributed by atoms with E-state index in [0.29, 0.717) is 6.54 Å². The van der Waals surface area contributed by atoms with Crippen LogP contribution in [0.4, 0.5) is 18.9 Å². The smallest absolute Gasteiger partial charge is 0.325 e. The average molecular weight is 348 g/mol. The summed E-state index contributed by atoms with van der Waals surface area (Å²) in [6.45, 7) is 3.18. The van der Waals surface area contributed by atoms with E-state index in [2.05, 4.69) is 11.4 Å². The SMILES string of the molecule is C[C@@H](C(=O)Nc1cccc(C(F)(F)F)c1)N1CCc2ccccc2C1. The first-order valence-electron chi connectivity index (χ1n) is 8.13. The van der Waals surface area contributed by atoms with Gasteiger partial charge in [-0.3, -0.25) is 9.69 Å². The number of carbonyl (C=O) groups is 1. The Balaban J connectivity index is 1.68. The van der Waals surface area contributed by atoms with E-state index in [1.807, 2.05) is 23.1 Å². The van der Waals surface area contributed by atoms with Gasteiger partial charge in [0.05, 0.1) is 11.6 Å². The number of amides is 1.